The number of hydrogen-bond acceptors (Lipinski definition) is 5. The molecule has 1 saturated heterocycles. The van der Waals surface area contributed by atoms with Gasteiger partial charge in [0.2, 0.25) is 15.9 Å². The molecule has 1 N–H and O–H groups in total. The summed E-state index contributed by atoms with van der Waals surface area (Å²) < 4.78 is 38.2. The van der Waals surface area contributed by atoms with Crippen molar-refractivity contribution < 1.29 is 22.7 Å². The van der Waals surface area contributed by atoms with Gasteiger partial charge >= 0.3 is 0 Å². The average Bonchev–Trinajstić information content (AvgIpc) is 2.65. The average molecular weight is 413 g/mol. The highest BCUT2D eigenvalue weighted by Crippen LogP contribution is 2.24. The van der Waals surface area contributed by atoms with Gasteiger partial charge in [-0.25, -0.2) is 13.1 Å². The highest BCUT2D eigenvalue weighted by atomic mass is 32.2. The monoisotopic (exact) mass is 412 g/mol. The molecular formula is C20H32N2O5S. The Balaban J connectivity index is 1.85. The first-order chi connectivity index (χ1) is 13.1. The molecule has 0 unspecified atom stereocenters. The molecule has 0 spiro atoms. The van der Waals surface area contributed by atoms with Gasteiger partial charge in [-0.2, -0.15) is 0 Å². The molecule has 0 radical (unpaired) electrons. The molecule has 0 bridgehead atoms. The first kappa shape index (κ1) is 22.8. The number of sulfonamides is 1. The number of nitrogens with zero attached hydrogens (tertiary/aromatic N) is 1. The summed E-state index contributed by atoms with van der Waals surface area (Å²) in [5.41, 5.74) is 1.06. The lowest BCUT2D eigenvalue weighted by Crippen LogP contribution is -2.47. The second kappa shape index (κ2) is 9.82. The SMILES string of the molecule is COCCOCC(=O)N1CCC(NS(=O)(=O)c2ccc(C(C)(C)C)cc2)CC1. The van der Waals surface area contributed by atoms with E-state index in [0.29, 0.717) is 39.1 Å². The molecule has 0 aliphatic carbocycles. The van der Waals surface area contributed by atoms with E-state index in [4.69, 9.17) is 9.47 Å². The van der Waals surface area contributed by atoms with Crippen LogP contribution in [0.3, 0.4) is 0 Å². The molecule has 0 saturated carbocycles. The topological polar surface area (TPSA) is 84.9 Å². The van der Waals surface area contributed by atoms with Gasteiger partial charge in [-0.1, -0.05) is 32.9 Å². The molecule has 28 heavy (non-hydrogen) atoms. The number of rotatable bonds is 8. The first-order valence-corrected chi connectivity index (χ1v) is 11.1. The highest BCUT2D eigenvalue weighted by Gasteiger charge is 2.27. The zero-order valence-electron chi connectivity index (χ0n) is 17.2. The summed E-state index contributed by atoms with van der Waals surface area (Å²) in [6, 6.07) is 6.85. The largest absolute Gasteiger partial charge is 0.382 e. The summed E-state index contributed by atoms with van der Waals surface area (Å²) in [6.45, 7) is 8.16. The number of amides is 1. The third-order valence-corrected chi connectivity index (χ3v) is 6.39. The number of carbonyl (C=O) groups excluding carboxylic acids is 1. The van der Waals surface area contributed by atoms with Crippen LogP contribution in [0.2, 0.25) is 0 Å². The van der Waals surface area contributed by atoms with E-state index in [1.807, 2.05) is 12.1 Å². The van der Waals surface area contributed by atoms with Crippen LogP contribution in [-0.4, -0.2) is 65.3 Å². The maximum absolute atomic E-state index is 12.7. The Morgan fingerprint density at radius 3 is 2.29 bits per heavy atom. The minimum Gasteiger partial charge on any atom is -0.382 e. The highest BCUT2D eigenvalue weighted by molar-refractivity contribution is 7.89. The van der Waals surface area contributed by atoms with Gasteiger partial charge in [0.05, 0.1) is 18.1 Å². The molecule has 158 valence electrons. The summed E-state index contributed by atoms with van der Waals surface area (Å²) in [4.78, 5) is 14.1. The fourth-order valence-corrected chi connectivity index (χ4v) is 4.37. The lowest BCUT2D eigenvalue weighted by molar-refractivity contribution is -0.137. The number of carbonyl (C=O) groups is 1. The van der Waals surface area contributed by atoms with E-state index in [9.17, 15) is 13.2 Å². The van der Waals surface area contributed by atoms with Crippen LogP contribution in [0.5, 0.6) is 0 Å². The van der Waals surface area contributed by atoms with Crippen LogP contribution in [-0.2, 0) is 29.7 Å². The van der Waals surface area contributed by atoms with Gasteiger partial charge in [-0.05, 0) is 36.0 Å². The van der Waals surface area contributed by atoms with Gasteiger partial charge in [0.25, 0.3) is 0 Å². The number of piperidine rings is 1. The summed E-state index contributed by atoms with van der Waals surface area (Å²) in [6.07, 6.45) is 1.17. The number of hydrogen-bond donors (Lipinski definition) is 1. The standard InChI is InChI=1S/C20H32N2O5S/c1-20(2,3)16-5-7-18(8-6-16)28(24,25)21-17-9-11-22(12-10-17)19(23)15-27-14-13-26-4/h5-8,17,21H,9-15H2,1-4H3. The number of ether oxygens (including phenoxy) is 2. The smallest absolute Gasteiger partial charge is 0.248 e. The van der Waals surface area contributed by atoms with Gasteiger partial charge in [0.15, 0.2) is 0 Å². The van der Waals surface area contributed by atoms with E-state index in [0.717, 1.165) is 5.56 Å². The fraction of sp³-hybridized carbons (Fsp3) is 0.650. The van der Waals surface area contributed by atoms with Crippen LogP contribution in [0.1, 0.15) is 39.2 Å². The van der Waals surface area contributed by atoms with Crippen molar-refractivity contribution in [3.63, 3.8) is 0 Å². The normalized spacial score (nSPS) is 16.4. The quantitative estimate of drug-likeness (QED) is 0.660. The first-order valence-electron chi connectivity index (χ1n) is 9.61. The maximum atomic E-state index is 12.7. The summed E-state index contributed by atoms with van der Waals surface area (Å²) in [7, 11) is -1.99. The van der Waals surface area contributed by atoms with Crippen molar-refractivity contribution in [3.8, 4) is 0 Å². The molecule has 1 aromatic carbocycles. The van der Waals surface area contributed by atoms with Crippen molar-refractivity contribution >= 4 is 15.9 Å². The molecule has 1 heterocycles. The van der Waals surface area contributed by atoms with Crippen molar-refractivity contribution in [1.29, 1.82) is 0 Å². The van der Waals surface area contributed by atoms with Crippen molar-refractivity contribution in [2.75, 3.05) is 40.0 Å². The number of nitrogens with one attached hydrogen (secondary N) is 1. The van der Waals surface area contributed by atoms with Crippen LogP contribution in [0.25, 0.3) is 0 Å². The van der Waals surface area contributed by atoms with Crippen LogP contribution in [0, 0.1) is 0 Å². The van der Waals surface area contributed by atoms with Crippen LogP contribution < -0.4 is 4.72 Å². The number of likely N-dealkylation sites (tertiary alicyclic amines) is 1. The van der Waals surface area contributed by atoms with Crippen LogP contribution in [0.4, 0.5) is 0 Å². The van der Waals surface area contributed by atoms with Crippen molar-refractivity contribution in [1.82, 2.24) is 9.62 Å². The summed E-state index contributed by atoms with van der Waals surface area (Å²) in [5.74, 6) is -0.0739. The number of methoxy groups -OCH3 is 1. The second-order valence-electron chi connectivity index (χ2n) is 8.10. The van der Waals surface area contributed by atoms with Gasteiger partial charge in [-0.3, -0.25) is 4.79 Å². The Bertz CT molecular complexity index is 733. The number of benzene rings is 1. The molecular weight excluding hydrogens is 380 g/mol. The predicted molar refractivity (Wildman–Crippen MR) is 108 cm³/mol. The van der Waals surface area contributed by atoms with E-state index < -0.39 is 10.0 Å². The third-order valence-electron chi connectivity index (χ3n) is 4.86. The van der Waals surface area contributed by atoms with E-state index in [-0.39, 0.29) is 28.9 Å². The van der Waals surface area contributed by atoms with E-state index in [1.54, 1.807) is 24.1 Å². The van der Waals surface area contributed by atoms with Crippen LogP contribution in [0.15, 0.2) is 29.2 Å². The maximum Gasteiger partial charge on any atom is 0.248 e. The van der Waals surface area contributed by atoms with E-state index >= 15 is 0 Å². The van der Waals surface area contributed by atoms with Crippen LogP contribution >= 0.6 is 0 Å². The lowest BCUT2D eigenvalue weighted by atomic mass is 9.87. The summed E-state index contributed by atoms with van der Waals surface area (Å²) >= 11 is 0. The van der Waals surface area contributed by atoms with E-state index in [1.165, 1.54) is 0 Å². The van der Waals surface area contributed by atoms with Crippen molar-refractivity contribution in [3.05, 3.63) is 29.8 Å². The van der Waals surface area contributed by atoms with Crippen molar-refractivity contribution in [2.24, 2.45) is 0 Å². The predicted octanol–water partition coefficient (Wildman–Crippen LogP) is 1.92. The second-order valence-corrected chi connectivity index (χ2v) is 9.81. The Hall–Kier alpha value is -1.48. The molecule has 1 fully saturated rings. The molecule has 0 aromatic heterocycles. The Morgan fingerprint density at radius 1 is 1.14 bits per heavy atom. The Morgan fingerprint density at radius 2 is 1.75 bits per heavy atom. The minimum atomic E-state index is -3.57. The molecule has 1 aromatic rings. The lowest BCUT2D eigenvalue weighted by Gasteiger charge is -2.32. The summed E-state index contributed by atoms with van der Waals surface area (Å²) in [5, 5.41) is 0. The molecule has 1 aliphatic heterocycles. The fourth-order valence-electron chi connectivity index (χ4n) is 3.06. The van der Waals surface area contributed by atoms with Gasteiger partial charge in [0, 0.05) is 26.2 Å². The molecule has 7 nitrogen and oxygen atoms in total. The third kappa shape index (κ3) is 6.55. The van der Waals surface area contributed by atoms with Gasteiger partial charge < -0.3 is 14.4 Å². The Kier molecular flexibility index (Phi) is 8.00. The van der Waals surface area contributed by atoms with Crippen molar-refractivity contribution in [2.45, 2.75) is 50.0 Å². The van der Waals surface area contributed by atoms with Gasteiger partial charge in [0.1, 0.15) is 6.61 Å². The molecule has 8 heteroatoms. The Labute approximate surface area is 168 Å². The molecule has 1 aliphatic rings. The molecule has 2 rings (SSSR count). The zero-order valence-corrected chi connectivity index (χ0v) is 18.0. The van der Waals surface area contributed by atoms with E-state index in [2.05, 4.69) is 25.5 Å². The molecule has 1 amide bonds. The minimum absolute atomic E-state index is 0.0254. The van der Waals surface area contributed by atoms with Gasteiger partial charge in [-0.15, -0.1) is 0 Å². The zero-order chi connectivity index (χ0) is 20.8. The molecule has 0 atom stereocenters.